The van der Waals surface area contributed by atoms with Crippen LogP contribution >= 0.6 is 0 Å². The average molecular weight is 430 g/mol. The molecule has 0 bridgehead atoms. The van der Waals surface area contributed by atoms with Crippen LogP contribution in [-0.2, 0) is 17.8 Å². The largest absolute Gasteiger partial charge is 0.489 e. The van der Waals surface area contributed by atoms with E-state index in [2.05, 4.69) is 21.0 Å². The number of para-hydroxylation sites is 1. The normalized spacial score (nSPS) is 10.7. The molecule has 0 spiro atoms. The zero-order valence-corrected chi connectivity index (χ0v) is 17.7. The number of fused-ring (bicyclic) bond motifs is 1. The predicted octanol–water partition coefficient (Wildman–Crippen LogP) is 3.42. The van der Waals surface area contributed by atoms with Gasteiger partial charge in [-0.3, -0.25) is 20.4 Å². The summed E-state index contributed by atoms with van der Waals surface area (Å²) >= 11 is 0. The minimum absolute atomic E-state index is 0.107. The third kappa shape index (κ3) is 4.92. The Morgan fingerprint density at radius 2 is 1.75 bits per heavy atom. The maximum Gasteiger partial charge on any atom is 0.288 e. The van der Waals surface area contributed by atoms with Crippen LogP contribution in [0.4, 0.5) is 0 Å². The van der Waals surface area contributed by atoms with Crippen LogP contribution in [0.5, 0.6) is 5.75 Å². The monoisotopic (exact) mass is 430 g/mol. The fourth-order valence-electron chi connectivity index (χ4n) is 3.18. The number of rotatable bonds is 6. The van der Waals surface area contributed by atoms with Crippen LogP contribution in [0.3, 0.4) is 0 Å². The first-order chi connectivity index (χ1) is 15.5. The van der Waals surface area contributed by atoms with Crippen LogP contribution in [0, 0.1) is 13.8 Å². The molecule has 2 N–H and O–H groups in total. The number of hydrogen-bond acceptors (Lipinski definition) is 6. The molecule has 2 aromatic carbocycles. The van der Waals surface area contributed by atoms with E-state index in [0.717, 1.165) is 28.0 Å². The summed E-state index contributed by atoms with van der Waals surface area (Å²) in [6.45, 7) is 4.07. The van der Waals surface area contributed by atoms with Gasteiger partial charge in [-0.2, -0.15) is 0 Å². The number of pyridine rings is 1. The fraction of sp³-hybridized carbons (Fsp3) is 0.167. The molecular formula is C24H22N4O4. The highest BCUT2D eigenvalue weighted by molar-refractivity contribution is 5.96. The lowest BCUT2D eigenvalue weighted by Crippen LogP contribution is -2.42. The second-order valence-electron chi connectivity index (χ2n) is 7.30. The van der Waals surface area contributed by atoms with E-state index in [0.29, 0.717) is 17.9 Å². The number of amides is 2. The minimum Gasteiger partial charge on any atom is -0.489 e. The zero-order chi connectivity index (χ0) is 22.5. The first kappa shape index (κ1) is 21.0. The van der Waals surface area contributed by atoms with E-state index in [1.165, 1.54) is 0 Å². The summed E-state index contributed by atoms with van der Waals surface area (Å²) in [6, 6.07) is 18.1. The number of hydrazine groups is 1. The summed E-state index contributed by atoms with van der Waals surface area (Å²) < 4.78 is 10.9. The van der Waals surface area contributed by atoms with E-state index in [4.69, 9.17) is 9.26 Å². The first-order valence-corrected chi connectivity index (χ1v) is 10.1. The number of carbonyl (C=O) groups excluding carboxylic acids is 2. The zero-order valence-electron chi connectivity index (χ0n) is 17.7. The molecular weight excluding hydrogens is 408 g/mol. The number of nitrogens with one attached hydrogen (secondary N) is 2. The molecule has 4 rings (SSSR count). The van der Waals surface area contributed by atoms with Gasteiger partial charge in [-0.05, 0) is 43.7 Å². The van der Waals surface area contributed by atoms with Crippen LogP contribution in [0.2, 0.25) is 0 Å². The molecule has 0 unspecified atom stereocenters. The van der Waals surface area contributed by atoms with Crippen molar-refractivity contribution in [2.24, 2.45) is 0 Å². The Labute approximate surface area is 184 Å². The second-order valence-corrected chi connectivity index (χ2v) is 7.30. The molecule has 0 aliphatic heterocycles. The molecule has 0 saturated carbocycles. The summed E-state index contributed by atoms with van der Waals surface area (Å²) in [4.78, 5) is 28.8. The van der Waals surface area contributed by atoms with Crippen molar-refractivity contribution < 1.29 is 18.8 Å². The standard InChI is InChI=1S/C24H22N4O4/c1-15-20(16(2)32-28-15)14-31-19-10-7-17(8-11-19)13-23(29)26-27-24(30)22-12-9-18-5-3-4-6-21(18)25-22/h3-12H,13-14H2,1-2H3,(H,26,29)(H,27,30). The lowest BCUT2D eigenvalue weighted by molar-refractivity contribution is -0.121. The van der Waals surface area contributed by atoms with E-state index in [9.17, 15) is 9.59 Å². The van der Waals surface area contributed by atoms with Crippen molar-refractivity contribution >= 4 is 22.7 Å². The maximum atomic E-state index is 12.3. The molecule has 2 aromatic heterocycles. The fourth-order valence-corrected chi connectivity index (χ4v) is 3.18. The van der Waals surface area contributed by atoms with Crippen LogP contribution in [0.25, 0.3) is 10.9 Å². The second kappa shape index (κ2) is 9.30. The highest BCUT2D eigenvalue weighted by Crippen LogP contribution is 2.18. The average Bonchev–Trinajstić information content (AvgIpc) is 3.13. The van der Waals surface area contributed by atoms with Crippen molar-refractivity contribution in [1.29, 1.82) is 0 Å². The van der Waals surface area contributed by atoms with Gasteiger partial charge >= 0.3 is 0 Å². The summed E-state index contributed by atoms with van der Waals surface area (Å²) in [7, 11) is 0. The van der Waals surface area contributed by atoms with E-state index in [-0.39, 0.29) is 18.0 Å². The van der Waals surface area contributed by atoms with Crippen molar-refractivity contribution in [1.82, 2.24) is 21.0 Å². The Bertz CT molecular complexity index is 1250. The lowest BCUT2D eigenvalue weighted by atomic mass is 10.1. The Kier molecular flexibility index (Phi) is 6.12. The van der Waals surface area contributed by atoms with Gasteiger partial charge in [-0.25, -0.2) is 4.98 Å². The topological polar surface area (TPSA) is 106 Å². The molecule has 0 saturated heterocycles. The van der Waals surface area contributed by atoms with Crippen molar-refractivity contribution in [3.05, 3.63) is 88.9 Å². The lowest BCUT2D eigenvalue weighted by Gasteiger charge is -2.09. The molecule has 0 aliphatic rings. The molecule has 2 amide bonds. The SMILES string of the molecule is Cc1noc(C)c1COc1ccc(CC(=O)NNC(=O)c2ccc3ccccc3n2)cc1. The Morgan fingerprint density at radius 1 is 0.969 bits per heavy atom. The molecule has 4 aromatic rings. The van der Waals surface area contributed by atoms with Gasteiger partial charge in [0.15, 0.2) is 0 Å². The quantitative estimate of drug-likeness (QED) is 0.454. The van der Waals surface area contributed by atoms with Gasteiger partial charge in [0, 0.05) is 5.39 Å². The van der Waals surface area contributed by atoms with Gasteiger partial charge in [0.05, 0.1) is 23.2 Å². The molecule has 0 aliphatic carbocycles. The summed E-state index contributed by atoms with van der Waals surface area (Å²) in [5, 5.41) is 4.84. The van der Waals surface area contributed by atoms with Gasteiger partial charge in [-0.15, -0.1) is 0 Å². The van der Waals surface area contributed by atoms with Crippen molar-refractivity contribution in [2.45, 2.75) is 26.9 Å². The number of hydrogen-bond donors (Lipinski definition) is 2. The number of ether oxygens (including phenoxy) is 1. The Balaban J connectivity index is 1.27. The highest BCUT2D eigenvalue weighted by Gasteiger charge is 2.11. The van der Waals surface area contributed by atoms with Gasteiger partial charge in [0.2, 0.25) is 5.91 Å². The third-order valence-electron chi connectivity index (χ3n) is 5.00. The third-order valence-corrected chi connectivity index (χ3v) is 5.00. The van der Waals surface area contributed by atoms with Crippen molar-refractivity contribution in [3.8, 4) is 5.75 Å². The Morgan fingerprint density at radius 3 is 2.50 bits per heavy atom. The molecule has 0 fully saturated rings. The smallest absolute Gasteiger partial charge is 0.288 e. The maximum absolute atomic E-state index is 12.3. The number of aromatic nitrogens is 2. The number of aryl methyl sites for hydroxylation is 2. The van der Waals surface area contributed by atoms with Crippen LogP contribution < -0.4 is 15.6 Å². The molecule has 8 nitrogen and oxygen atoms in total. The molecule has 162 valence electrons. The molecule has 2 heterocycles. The number of benzene rings is 2. The van der Waals surface area contributed by atoms with E-state index < -0.39 is 5.91 Å². The van der Waals surface area contributed by atoms with Gasteiger partial charge < -0.3 is 9.26 Å². The van der Waals surface area contributed by atoms with Gasteiger partial charge in [-0.1, -0.05) is 41.6 Å². The number of carbonyl (C=O) groups is 2. The summed E-state index contributed by atoms with van der Waals surface area (Å²) in [5.41, 5.74) is 8.27. The van der Waals surface area contributed by atoms with E-state index in [1.54, 1.807) is 30.3 Å². The van der Waals surface area contributed by atoms with E-state index >= 15 is 0 Å². The minimum atomic E-state index is -0.479. The van der Waals surface area contributed by atoms with Crippen LogP contribution in [0.15, 0.2) is 65.2 Å². The molecule has 32 heavy (non-hydrogen) atoms. The van der Waals surface area contributed by atoms with Gasteiger partial charge in [0.25, 0.3) is 5.91 Å². The van der Waals surface area contributed by atoms with Crippen molar-refractivity contribution in [2.75, 3.05) is 0 Å². The van der Waals surface area contributed by atoms with Gasteiger partial charge in [0.1, 0.15) is 23.8 Å². The Hall–Kier alpha value is -4.20. The molecule has 0 radical (unpaired) electrons. The summed E-state index contributed by atoms with van der Waals surface area (Å²) in [6.07, 6.45) is 0.107. The van der Waals surface area contributed by atoms with Crippen LogP contribution in [-0.4, -0.2) is 22.0 Å². The summed E-state index contributed by atoms with van der Waals surface area (Å²) in [5.74, 6) is 0.581. The molecule has 8 heteroatoms. The highest BCUT2D eigenvalue weighted by atomic mass is 16.5. The van der Waals surface area contributed by atoms with Crippen LogP contribution in [0.1, 0.15) is 33.1 Å². The molecule has 0 atom stereocenters. The predicted molar refractivity (Wildman–Crippen MR) is 118 cm³/mol. The number of nitrogens with zero attached hydrogens (tertiary/aromatic N) is 2. The first-order valence-electron chi connectivity index (χ1n) is 10.1. The van der Waals surface area contributed by atoms with E-state index in [1.807, 2.05) is 44.2 Å². The van der Waals surface area contributed by atoms with Crippen molar-refractivity contribution in [3.63, 3.8) is 0 Å².